The molecule has 4 rings (SSSR count). The summed E-state index contributed by atoms with van der Waals surface area (Å²) in [5.74, 6) is -1.44. The molecule has 0 unspecified atom stereocenters. The predicted molar refractivity (Wildman–Crippen MR) is 92.3 cm³/mol. The number of primary amides is 1. The van der Waals surface area contributed by atoms with Gasteiger partial charge in [0.25, 0.3) is 5.91 Å². The van der Waals surface area contributed by atoms with E-state index in [2.05, 4.69) is 20.4 Å². The first kappa shape index (κ1) is 15.0. The molecule has 2 aromatic carbocycles. The summed E-state index contributed by atoms with van der Waals surface area (Å²) < 4.78 is 14.4. The zero-order chi connectivity index (χ0) is 17.7. The van der Waals surface area contributed by atoms with Crippen molar-refractivity contribution in [1.29, 1.82) is 0 Å². The molecule has 0 bridgehead atoms. The molecular formula is C17H13FN6O. The second kappa shape index (κ2) is 5.23. The Morgan fingerprint density at radius 1 is 1.20 bits per heavy atom. The van der Waals surface area contributed by atoms with Crippen LogP contribution in [0, 0.1) is 12.7 Å². The van der Waals surface area contributed by atoms with Crippen LogP contribution in [-0.2, 0) is 0 Å². The van der Waals surface area contributed by atoms with E-state index < -0.39 is 11.7 Å². The van der Waals surface area contributed by atoms with Crippen LogP contribution in [-0.4, -0.2) is 26.3 Å². The zero-order valence-electron chi connectivity index (χ0n) is 13.2. The number of aryl methyl sites for hydroxylation is 1. The number of hydrogen-bond donors (Lipinski definition) is 3. The van der Waals surface area contributed by atoms with Crippen molar-refractivity contribution < 1.29 is 9.18 Å². The largest absolute Gasteiger partial charge is 0.396 e. The van der Waals surface area contributed by atoms with E-state index in [-0.39, 0.29) is 22.3 Å². The minimum absolute atomic E-state index is 0.0328. The lowest BCUT2D eigenvalue weighted by Gasteiger charge is -2.12. The van der Waals surface area contributed by atoms with Crippen molar-refractivity contribution in [1.82, 2.24) is 20.4 Å². The number of aromatic amines is 1. The first-order chi connectivity index (χ1) is 12.0. The molecule has 0 fully saturated rings. The Bertz CT molecular complexity index is 1170. The van der Waals surface area contributed by atoms with Gasteiger partial charge in [-0.1, -0.05) is 0 Å². The Morgan fingerprint density at radius 3 is 2.76 bits per heavy atom. The van der Waals surface area contributed by atoms with Gasteiger partial charge in [0.2, 0.25) is 0 Å². The van der Waals surface area contributed by atoms with E-state index in [0.717, 1.165) is 22.0 Å². The standard InChI is InChI=1S/C17H13FN6O/c1-7-4-8-6-21-22-12(8)5-10(7)9-2-3-11(18)13-14(19)16(17(20)25)24-23-15(9)13/h2-6H,1H3,(H2,19,23)(H2,20,25)(H,21,22). The molecule has 2 heterocycles. The molecule has 1 amide bonds. The molecule has 0 aliphatic heterocycles. The van der Waals surface area contributed by atoms with Crippen molar-refractivity contribution in [2.75, 3.05) is 5.73 Å². The number of nitrogens with two attached hydrogens (primary N) is 2. The molecular weight excluding hydrogens is 323 g/mol. The maximum Gasteiger partial charge on any atom is 0.271 e. The summed E-state index contributed by atoms with van der Waals surface area (Å²) in [6, 6.07) is 6.78. The lowest BCUT2D eigenvalue weighted by atomic mass is 9.96. The van der Waals surface area contributed by atoms with E-state index in [4.69, 9.17) is 11.5 Å². The quantitative estimate of drug-likeness (QED) is 0.518. The van der Waals surface area contributed by atoms with Gasteiger partial charge in [0.15, 0.2) is 5.69 Å². The van der Waals surface area contributed by atoms with Gasteiger partial charge in [-0.05, 0) is 42.3 Å². The summed E-state index contributed by atoms with van der Waals surface area (Å²) in [6.45, 7) is 1.94. The van der Waals surface area contributed by atoms with Crippen LogP contribution in [0.1, 0.15) is 16.1 Å². The van der Waals surface area contributed by atoms with E-state index in [1.807, 2.05) is 19.1 Å². The maximum absolute atomic E-state index is 14.4. The number of H-pyrrole nitrogens is 1. The van der Waals surface area contributed by atoms with Crippen molar-refractivity contribution in [3.05, 3.63) is 47.5 Å². The summed E-state index contributed by atoms with van der Waals surface area (Å²) in [5.41, 5.74) is 14.3. The number of carbonyl (C=O) groups excluding carboxylic acids is 1. The van der Waals surface area contributed by atoms with Crippen molar-refractivity contribution in [3.8, 4) is 11.1 Å². The number of nitrogens with one attached hydrogen (secondary N) is 1. The fourth-order valence-corrected chi connectivity index (χ4v) is 2.99. The summed E-state index contributed by atoms with van der Waals surface area (Å²) in [7, 11) is 0. The third kappa shape index (κ3) is 2.18. The van der Waals surface area contributed by atoms with Crippen LogP contribution in [0.4, 0.5) is 10.1 Å². The van der Waals surface area contributed by atoms with Crippen LogP contribution in [0.15, 0.2) is 30.5 Å². The van der Waals surface area contributed by atoms with Crippen molar-refractivity contribution >= 4 is 33.4 Å². The minimum atomic E-state index is -0.855. The minimum Gasteiger partial charge on any atom is -0.396 e. The number of amides is 1. The molecule has 0 saturated carbocycles. The van der Waals surface area contributed by atoms with E-state index in [0.29, 0.717) is 5.56 Å². The van der Waals surface area contributed by atoms with Gasteiger partial charge >= 0.3 is 0 Å². The maximum atomic E-state index is 14.4. The fourth-order valence-electron chi connectivity index (χ4n) is 2.99. The van der Waals surface area contributed by atoms with Gasteiger partial charge in [-0.3, -0.25) is 9.89 Å². The van der Waals surface area contributed by atoms with E-state index in [9.17, 15) is 9.18 Å². The number of halogens is 1. The van der Waals surface area contributed by atoms with Gasteiger partial charge in [0.1, 0.15) is 11.3 Å². The molecule has 0 aliphatic rings. The fraction of sp³-hybridized carbons (Fsp3) is 0.0588. The Kier molecular flexibility index (Phi) is 3.14. The number of hydrogen-bond acceptors (Lipinski definition) is 5. The number of carbonyl (C=O) groups is 1. The third-order valence-electron chi connectivity index (χ3n) is 4.21. The molecule has 7 nitrogen and oxygen atoms in total. The molecule has 2 aromatic heterocycles. The molecule has 4 aromatic rings. The van der Waals surface area contributed by atoms with Gasteiger partial charge < -0.3 is 11.5 Å². The van der Waals surface area contributed by atoms with E-state index >= 15 is 0 Å². The smallest absolute Gasteiger partial charge is 0.271 e. The Morgan fingerprint density at radius 2 is 2.00 bits per heavy atom. The molecule has 0 radical (unpaired) electrons. The number of benzene rings is 2. The first-order valence-corrected chi connectivity index (χ1v) is 7.45. The third-order valence-corrected chi connectivity index (χ3v) is 4.21. The van der Waals surface area contributed by atoms with Gasteiger partial charge in [0, 0.05) is 10.9 Å². The van der Waals surface area contributed by atoms with Gasteiger partial charge in [0.05, 0.1) is 22.8 Å². The van der Waals surface area contributed by atoms with Gasteiger partial charge in [-0.15, -0.1) is 10.2 Å². The van der Waals surface area contributed by atoms with Crippen LogP contribution < -0.4 is 11.5 Å². The van der Waals surface area contributed by atoms with Crippen molar-refractivity contribution in [3.63, 3.8) is 0 Å². The SMILES string of the molecule is Cc1cc2cn[nH]c2cc1-c1ccc(F)c2c(N)c(C(N)=O)nnc12. The normalized spacial score (nSPS) is 11.3. The Labute approximate surface area is 140 Å². The van der Waals surface area contributed by atoms with Gasteiger partial charge in [-0.2, -0.15) is 5.10 Å². The summed E-state index contributed by atoms with van der Waals surface area (Å²) >= 11 is 0. The number of nitrogen functional groups attached to an aromatic ring is 1. The van der Waals surface area contributed by atoms with Crippen LogP contribution in [0.25, 0.3) is 32.9 Å². The van der Waals surface area contributed by atoms with Gasteiger partial charge in [-0.25, -0.2) is 4.39 Å². The predicted octanol–water partition coefficient (Wildman–Crippen LogP) is 2.30. The Hall–Kier alpha value is -3.55. The van der Waals surface area contributed by atoms with Crippen molar-refractivity contribution in [2.24, 2.45) is 5.73 Å². The molecule has 25 heavy (non-hydrogen) atoms. The lowest BCUT2D eigenvalue weighted by molar-refractivity contribution is 0.0996. The molecule has 5 N–H and O–H groups in total. The van der Waals surface area contributed by atoms with Crippen LogP contribution in [0.2, 0.25) is 0 Å². The topological polar surface area (TPSA) is 124 Å². The van der Waals surface area contributed by atoms with Crippen LogP contribution in [0.3, 0.4) is 0 Å². The molecule has 8 heteroatoms. The average Bonchev–Trinajstić information content (AvgIpc) is 3.01. The molecule has 124 valence electrons. The highest BCUT2D eigenvalue weighted by Crippen LogP contribution is 2.35. The number of rotatable bonds is 2. The molecule has 0 saturated heterocycles. The number of fused-ring (bicyclic) bond motifs is 2. The highest BCUT2D eigenvalue weighted by atomic mass is 19.1. The number of anilines is 1. The summed E-state index contributed by atoms with van der Waals surface area (Å²) in [4.78, 5) is 11.4. The summed E-state index contributed by atoms with van der Waals surface area (Å²) in [5, 5.41) is 15.7. The monoisotopic (exact) mass is 336 g/mol. The van der Waals surface area contributed by atoms with Crippen LogP contribution >= 0.6 is 0 Å². The van der Waals surface area contributed by atoms with Crippen molar-refractivity contribution in [2.45, 2.75) is 6.92 Å². The Balaban J connectivity index is 2.08. The molecule has 0 aliphatic carbocycles. The number of aromatic nitrogens is 4. The molecule has 0 atom stereocenters. The van der Waals surface area contributed by atoms with E-state index in [1.165, 1.54) is 6.07 Å². The molecule has 0 spiro atoms. The lowest BCUT2D eigenvalue weighted by Crippen LogP contribution is -2.17. The first-order valence-electron chi connectivity index (χ1n) is 7.45. The highest BCUT2D eigenvalue weighted by molar-refractivity contribution is 6.07. The average molecular weight is 336 g/mol. The highest BCUT2D eigenvalue weighted by Gasteiger charge is 2.19. The second-order valence-corrected chi connectivity index (χ2v) is 5.77. The second-order valence-electron chi connectivity index (χ2n) is 5.77. The van der Waals surface area contributed by atoms with E-state index in [1.54, 1.807) is 12.3 Å². The zero-order valence-corrected chi connectivity index (χ0v) is 13.2. The number of nitrogens with zero attached hydrogens (tertiary/aromatic N) is 3. The summed E-state index contributed by atoms with van der Waals surface area (Å²) in [6.07, 6.45) is 1.73. The van der Waals surface area contributed by atoms with Crippen LogP contribution in [0.5, 0.6) is 0 Å².